The molecule has 4 heteroatoms. The lowest BCUT2D eigenvalue weighted by Crippen LogP contribution is -2.32. The number of amides is 1. The lowest BCUT2D eigenvalue weighted by Gasteiger charge is -2.19. The molecule has 0 unspecified atom stereocenters. The molecule has 1 rings (SSSR count). The second-order valence-corrected chi connectivity index (χ2v) is 5.60. The molecule has 0 bridgehead atoms. The molecule has 0 spiro atoms. The molecule has 0 saturated carbocycles. The standard InChI is InChI=1S/C16H22FNO2/c1-12-8-7-10-13(14(12)17)9-5-6-11-18-15(19)20-16(2,3)4/h5,7-10H,6,11H2,1-4H3,(H,18,19). The molecule has 1 aromatic rings. The van der Waals surface area contributed by atoms with Crippen LogP contribution in [0.3, 0.4) is 0 Å². The summed E-state index contributed by atoms with van der Waals surface area (Å²) in [5, 5.41) is 2.65. The molecule has 1 aromatic carbocycles. The van der Waals surface area contributed by atoms with Gasteiger partial charge >= 0.3 is 6.09 Å². The van der Waals surface area contributed by atoms with Gasteiger partial charge in [0.05, 0.1) is 0 Å². The fourth-order valence-corrected chi connectivity index (χ4v) is 1.58. The molecule has 0 radical (unpaired) electrons. The van der Waals surface area contributed by atoms with Crippen LogP contribution < -0.4 is 5.32 Å². The van der Waals surface area contributed by atoms with Crippen molar-refractivity contribution in [3.8, 4) is 0 Å². The molecule has 0 saturated heterocycles. The summed E-state index contributed by atoms with van der Waals surface area (Å²) in [6.07, 6.45) is 3.73. The van der Waals surface area contributed by atoms with Gasteiger partial charge in [-0.25, -0.2) is 9.18 Å². The maximum absolute atomic E-state index is 13.7. The third kappa shape index (κ3) is 5.87. The van der Waals surface area contributed by atoms with Crippen LogP contribution in [-0.4, -0.2) is 18.2 Å². The Balaban J connectivity index is 2.36. The third-order valence-corrected chi connectivity index (χ3v) is 2.50. The number of nitrogens with one attached hydrogen (secondary N) is 1. The van der Waals surface area contributed by atoms with Crippen molar-refractivity contribution in [1.29, 1.82) is 0 Å². The summed E-state index contributed by atoms with van der Waals surface area (Å²) >= 11 is 0. The van der Waals surface area contributed by atoms with Gasteiger partial charge in [-0.05, 0) is 39.7 Å². The van der Waals surface area contributed by atoms with Gasteiger partial charge in [0, 0.05) is 12.1 Å². The summed E-state index contributed by atoms with van der Waals surface area (Å²) in [7, 11) is 0. The smallest absolute Gasteiger partial charge is 0.407 e. The molecule has 0 aliphatic heterocycles. The van der Waals surface area contributed by atoms with E-state index in [1.807, 2.05) is 32.9 Å². The minimum atomic E-state index is -0.495. The van der Waals surface area contributed by atoms with E-state index < -0.39 is 11.7 Å². The van der Waals surface area contributed by atoms with Crippen LogP contribution in [0.25, 0.3) is 6.08 Å². The van der Waals surface area contributed by atoms with Crippen LogP contribution >= 0.6 is 0 Å². The van der Waals surface area contributed by atoms with Crippen molar-refractivity contribution in [2.75, 3.05) is 6.54 Å². The lowest BCUT2D eigenvalue weighted by atomic mass is 10.1. The largest absolute Gasteiger partial charge is 0.444 e. The Bertz CT molecular complexity index is 490. The van der Waals surface area contributed by atoms with Crippen LogP contribution in [0, 0.1) is 12.7 Å². The van der Waals surface area contributed by atoms with Gasteiger partial charge in [-0.2, -0.15) is 0 Å². The summed E-state index contributed by atoms with van der Waals surface area (Å²) in [4.78, 5) is 11.4. The van der Waals surface area contributed by atoms with E-state index >= 15 is 0 Å². The van der Waals surface area contributed by atoms with Crippen molar-refractivity contribution in [3.63, 3.8) is 0 Å². The summed E-state index contributed by atoms with van der Waals surface area (Å²) < 4.78 is 18.8. The number of benzene rings is 1. The van der Waals surface area contributed by atoms with Gasteiger partial charge in [-0.1, -0.05) is 30.4 Å². The van der Waals surface area contributed by atoms with Crippen LogP contribution in [0.5, 0.6) is 0 Å². The van der Waals surface area contributed by atoms with E-state index in [1.165, 1.54) is 0 Å². The quantitative estimate of drug-likeness (QED) is 0.844. The van der Waals surface area contributed by atoms with E-state index in [-0.39, 0.29) is 5.82 Å². The van der Waals surface area contributed by atoms with Crippen LogP contribution in [0.2, 0.25) is 0 Å². The maximum Gasteiger partial charge on any atom is 0.407 e. The number of carbonyl (C=O) groups excluding carboxylic acids is 1. The number of hydrogen-bond donors (Lipinski definition) is 1. The summed E-state index contributed by atoms with van der Waals surface area (Å²) in [6, 6.07) is 5.27. The van der Waals surface area contributed by atoms with E-state index in [1.54, 1.807) is 25.1 Å². The second-order valence-electron chi connectivity index (χ2n) is 5.60. The third-order valence-electron chi connectivity index (χ3n) is 2.50. The van der Waals surface area contributed by atoms with Gasteiger partial charge in [-0.3, -0.25) is 0 Å². The highest BCUT2D eigenvalue weighted by atomic mass is 19.1. The van der Waals surface area contributed by atoms with Gasteiger partial charge in [0.15, 0.2) is 0 Å². The normalized spacial score (nSPS) is 11.7. The number of ether oxygens (including phenoxy) is 1. The second kappa shape index (κ2) is 7.08. The van der Waals surface area contributed by atoms with E-state index in [9.17, 15) is 9.18 Å². The van der Waals surface area contributed by atoms with Crippen molar-refractivity contribution < 1.29 is 13.9 Å². The van der Waals surface area contributed by atoms with Gasteiger partial charge < -0.3 is 10.1 Å². The first-order valence-corrected chi connectivity index (χ1v) is 6.68. The highest BCUT2D eigenvalue weighted by Gasteiger charge is 2.15. The summed E-state index contributed by atoms with van der Waals surface area (Å²) in [6.45, 7) is 7.63. The first-order valence-electron chi connectivity index (χ1n) is 6.68. The highest BCUT2D eigenvalue weighted by Crippen LogP contribution is 2.13. The topological polar surface area (TPSA) is 38.3 Å². The van der Waals surface area contributed by atoms with Crippen LogP contribution in [0.15, 0.2) is 24.3 Å². The molecule has 110 valence electrons. The van der Waals surface area contributed by atoms with Gasteiger partial charge in [0.1, 0.15) is 11.4 Å². The Labute approximate surface area is 119 Å². The number of alkyl carbamates (subject to hydrolysis) is 1. The molecular weight excluding hydrogens is 257 g/mol. The Kier molecular flexibility index (Phi) is 5.74. The molecule has 0 fully saturated rings. The van der Waals surface area contributed by atoms with E-state index in [0.29, 0.717) is 24.1 Å². The van der Waals surface area contributed by atoms with Crippen molar-refractivity contribution in [3.05, 3.63) is 41.2 Å². The fourth-order valence-electron chi connectivity index (χ4n) is 1.58. The molecule has 0 heterocycles. The average Bonchev–Trinajstić information content (AvgIpc) is 2.31. The van der Waals surface area contributed by atoms with Crippen molar-refractivity contribution in [2.45, 2.75) is 39.7 Å². The van der Waals surface area contributed by atoms with Crippen molar-refractivity contribution >= 4 is 12.2 Å². The number of carbonyl (C=O) groups is 1. The minimum Gasteiger partial charge on any atom is -0.444 e. The van der Waals surface area contributed by atoms with E-state index in [2.05, 4.69) is 5.32 Å². The lowest BCUT2D eigenvalue weighted by molar-refractivity contribution is 0.0529. The zero-order valence-electron chi connectivity index (χ0n) is 12.5. The molecule has 0 aliphatic rings. The zero-order valence-corrected chi connectivity index (χ0v) is 12.5. The SMILES string of the molecule is Cc1cccc(C=CCCNC(=O)OC(C)(C)C)c1F. The van der Waals surface area contributed by atoms with Crippen LogP contribution in [-0.2, 0) is 4.74 Å². The monoisotopic (exact) mass is 279 g/mol. The molecule has 20 heavy (non-hydrogen) atoms. The number of hydrogen-bond acceptors (Lipinski definition) is 2. The maximum atomic E-state index is 13.7. The average molecular weight is 279 g/mol. The van der Waals surface area contributed by atoms with Crippen molar-refractivity contribution in [1.82, 2.24) is 5.32 Å². The Morgan fingerprint density at radius 1 is 1.40 bits per heavy atom. The molecule has 0 aromatic heterocycles. The molecule has 1 amide bonds. The van der Waals surface area contributed by atoms with E-state index in [0.717, 1.165) is 0 Å². The predicted octanol–water partition coefficient (Wildman–Crippen LogP) is 4.06. The first-order chi connectivity index (χ1) is 9.29. The minimum absolute atomic E-state index is 0.205. The summed E-state index contributed by atoms with van der Waals surface area (Å²) in [5.41, 5.74) is 0.686. The molecule has 0 aliphatic carbocycles. The van der Waals surface area contributed by atoms with Gasteiger partial charge in [-0.15, -0.1) is 0 Å². The number of halogens is 1. The Morgan fingerprint density at radius 3 is 2.75 bits per heavy atom. The van der Waals surface area contributed by atoms with Crippen LogP contribution in [0.4, 0.5) is 9.18 Å². The van der Waals surface area contributed by atoms with Gasteiger partial charge in [0.2, 0.25) is 0 Å². The molecular formula is C16H22FNO2. The van der Waals surface area contributed by atoms with E-state index in [4.69, 9.17) is 4.74 Å². The van der Waals surface area contributed by atoms with Crippen molar-refractivity contribution in [2.24, 2.45) is 0 Å². The molecule has 1 N–H and O–H groups in total. The highest BCUT2D eigenvalue weighted by molar-refractivity contribution is 5.67. The Morgan fingerprint density at radius 2 is 2.10 bits per heavy atom. The number of rotatable bonds is 4. The zero-order chi connectivity index (χ0) is 15.2. The Hall–Kier alpha value is -1.84. The predicted molar refractivity (Wildman–Crippen MR) is 79.0 cm³/mol. The number of aryl methyl sites for hydroxylation is 1. The first kappa shape index (κ1) is 16.2. The van der Waals surface area contributed by atoms with Crippen LogP contribution in [0.1, 0.15) is 38.3 Å². The fraction of sp³-hybridized carbons (Fsp3) is 0.438. The van der Waals surface area contributed by atoms with Gasteiger partial charge in [0.25, 0.3) is 0 Å². The molecule has 0 atom stereocenters. The summed E-state index contributed by atoms with van der Waals surface area (Å²) in [5.74, 6) is -0.205. The molecule has 3 nitrogen and oxygen atoms in total.